The highest BCUT2D eigenvalue weighted by molar-refractivity contribution is 6.43. The molecule has 0 saturated heterocycles. The molecule has 138 valence electrons. The second-order valence-electron chi connectivity index (χ2n) is 5.65. The van der Waals surface area contributed by atoms with E-state index in [1.165, 1.54) is 6.07 Å². The Morgan fingerprint density at radius 3 is 2.48 bits per heavy atom. The van der Waals surface area contributed by atoms with Crippen LogP contribution in [-0.4, -0.2) is 35.5 Å². The number of amides is 2. The quantitative estimate of drug-likeness (QED) is 0.536. The molecule has 1 rings (SSSR count). The molecule has 8 heteroatoms. The summed E-state index contributed by atoms with van der Waals surface area (Å²) in [6, 6.07) is 4.01. The Balaban J connectivity index is 2.31. The summed E-state index contributed by atoms with van der Waals surface area (Å²) in [5.41, 5.74) is 0.215. The molecule has 25 heavy (non-hydrogen) atoms. The zero-order valence-corrected chi connectivity index (χ0v) is 15.5. The van der Waals surface area contributed by atoms with Gasteiger partial charge in [0.05, 0.1) is 15.6 Å². The van der Waals surface area contributed by atoms with E-state index < -0.39 is 17.9 Å². The number of hydrogen-bond acceptors (Lipinski definition) is 3. The van der Waals surface area contributed by atoms with E-state index in [-0.39, 0.29) is 27.9 Å². The Bertz CT molecular complexity index is 623. The number of nitrogens with one attached hydrogen (secondary N) is 2. The number of halogens is 2. The lowest BCUT2D eigenvalue weighted by atomic mass is 10.1. The van der Waals surface area contributed by atoms with E-state index in [0.717, 1.165) is 19.3 Å². The van der Waals surface area contributed by atoms with Crippen molar-refractivity contribution >= 4 is 41.0 Å². The first-order chi connectivity index (χ1) is 11.8. The van der Waals surface area contributed by atoms with Crippen LogP contribution in [-0.2, 0) is 9.59 Å². The molecule has 1 atom stereocenters. The van der Waals surface area contributed by atoms with Crippen LogP contribution < -0.4 is 10.6 Å². The van der Waals surface area contributed by atoms with Gasteiger partial charge in [0.15, 0.2) is 0 Å². The average molecular weight is 389 g/mol. The third kappa shape index (κ3) is 7.75. The third-order valence-electron chi connectivity index (χ3n) is 3.55. The molecule has 2 amide bonds. The van der Waals surface area contributed by atoms with Crippen LogP contribution in [0.5, 0.6) is 0 Å². The maximum absolute atomic E-state index is 12.2. The number of carbonyl (C=O) groups is 3. The van der Waals surface area contributed by atoms with Gasteiger partial charge >= 0.3 is 5.97 Å². The highest BCUT2D eigenvalue weighted by atomic mass is 35.5. The molecule has 3 N–H and O–H groups in total. The number of carboxylic acid groups (broad SMARTS) is 1. The van der Waals surface area contributed by atoms with Gasteiger partial charge in [-0.15, -0.1) is 0 Å². The van der Waals surface area contributed by atoms with E-state index >= 15 is 0 Å². The molecule has 1 aromatic carbocycles. The molecule has 0 aromatic heterocycles. The van der Waals surface area contributed by atoms with Crippen LogP contribution in [0.3, 0.4) is 0 Å². The first-order valence-electron chi connectivity index (χ1n) is 8.07. The minimum absolute atomic E-state index is 0.149. The van der Waals surface area contributed by atoms with Gasteiger partial charge in [0.25, 0.3) is 5.91 Å². The predicted octanol–water partition coefficient (Wildman–Crippen LogP) is 3.26. The largest absolute Gasteiger partial charge is 0.481 e. The van der Waals surface area contributed by atoms with Crippen molar-refractivity contribution in [1.82, 2.24) is 10.6 Å². The van der Waals surface area contributed by atoms with Crippen LogP contribution in [0.4, 0.5) is 0 Å². The fraction of sp³-hybridized carbons (Fsp3) is 0.471. The van der Waals surface area contributed by atoms with Gasteiger partial charge in [-0.2, -0.15) is 0 Å². The highest BCUT2D eigenvalue weighted by Crippen LogP contribution is 2.25. The Labute approximate surface area is 156 Å². The minimum atomic E-state index is -0.794. The van der Waals surface area contributed by atoms with Gasteiger partial charge in [0.2, 0.25) is 5.91 Å². The van der Waals surface area contributed by atoms with Crippen LogP contribution >= 0.6 is 23.2 Å². The van der Waals surface area contributed by atoms with Crippen molar-refractivity contribution in [3.8, 4) is 0 Å². The van der Waals surface area contributed by atoms with Gasteiger partial charge in [-0.25, -0.2) is 0 Å². The van der Waals surface area contributed by atoms with Gasteiger partial charge in [-0.05, 0) is 31.9 Å². The number of benzene rings is 1. The van der Waals surface area contributed by atoms with Crippen LogP contribution in [0.15, 0.2) is 18.2 Å². The smallest absolute Gasteiger partial charge is 0.303 e. The van der Waals surface area contributed by atoms with Crippen molar-refractivity contribution in [2.75, 3.05) is 6.54 Å². The fourth-order valence-electron chi connectivity index (χ4n) is 2.14. The summed E-state index contributed by atoms with van der Waals surface area (Å²) < 4.78 is 0. The van der Waals surface area contributed by atoms with E-state index in [2.05, 4.69) is 10.6 Å². The lowest BCUT2D eigenvalue weighted by Gasteiger charge is -2.15. The Kier molecular flexibility index (Phi) is 9.31. The van der Waals surface area contributed by atoms with E-state index in [0.29, 0.717) is 13.0 Å². The average Bonchev–Trinajstić information content (AvgIpc) is 2.55. The van der Waals surface area contributed by atoms with Crippen LogP contribution in [0.2, 0.25) is 10.0 Å². The molecule has 0 fully saturated rings. The maximum Gasteiger partial charge on any atom is 0.303 e. The van der Waals surface area contributed by atoms with E-state index in [4.69, 9.17) is 28.3 Å². The summed E-state index contributed by atoms with van der Waals surface area (Å²) in [4.78, 5) is 34.5. The molecule has 0 aliphatic heterocycles. The molecular formula is C17H22Cl2N2O4. The molecule has 0 radical (unpaired) electrons. The predicted molar refractivity (Wildman–Crippen MR) is 97.1 cm³/mol. The summed E-state index contributed by atoms with van der Waals surface area (Å²) in [6.07, 6.45) is 3.21. The van der Waals surface area contributed by atoms with Crippen LogP contribution in [0.25, 0.3) is 0 Å². The zero-order valence-electron chi connectivity index (χ0n) is 14.0. The Hall–Kier alpha value is -1.79. The lowest BCUT2D eigenvalue weighted by Crippen LogP contribution is -2.45. The molecular weight excluding hydrogens is 367 g/mol. The third-order valence-corrected chi connectivity index (χ3v) is 4.37. The topological polar surface area (TPSA) is 95.5 Å². The second kappa shape index (κ2) is 10.9. The summed E-state index contributed by atoms with van der Waals surface area (Å²) in [5.74, 6) is -1.56. The van der Waals surface area contributed by atoms with Gasteiger partial charge < -0.3 is 15.7 Å². The van der Waals surface area contributed by atoms with Gasteiger partial charge in [0, 0.05) is 13.0 Å². The Morgan fingerprint density at radius 2 is 1.80 bits per heavy atom. The summed E-state index contributed by atoms with van der Waals surface area (Å²) in [5, 5.41) is 14.3. The molecule has 0 spiro atoms. The number of aliphatic carboxylic acids is 1. The number of carbonyl (C=O) groups excluding carboxylic acids is 2. The summed E-state index contributed by atoms with van der Waals surface area (Å²) >= 11 is 11.9. The van der Waals surface area contributed by atoms with Gasteiger partial charge in [0.1, 0.15) is 6.04 Å². The van der Waals surface area contributed by atoms with E-state index in [9.17, 15) is 14.4 Å². The van der Waals surface area contributed by atoms with Crippen molar-refractivity contribution in [3.05, 3.63) is 33.8 Å². The summed E-state index contributed by atoms with van der Waals surface area (Å²) in [7, 11) is 0. The normalized spacial score (nSPS) is 11.6. The molecule has 1 aromatic rings. The molecule has 0 saturated carbocycles. The van der Waals surface area contributed by atoms with E-state index in [1.807, 2.05) is 0 Å². The fourth-order valence-corrected chi connectivity index (χ4v) is 2.52. The molecule has 6 nitrogen and oxygen atoms in total. The second-order valence-corrected chi connectivity index (χ2v) is 6.43. The van der Waals surface area contributed by atoms with Crippen molar-refractivity contribution in [3.63, 3.8) is 0 Å². The monoisotopic (exact) mass is 388 g/mol. The zero-order chi connectivity index (χ0) is 18.8. The van der Waals surface area contributed by atoms with Crippen molar-refractivity contribution in [2.45, 2.75) is 45.1 Å². The highest BCUT2D eigenvalue weighted by Gasteiger charge is 2.18. The Morgan fingerprint density at radius 1 is 1.12 bits per heavy atom. The SMILES string of the molecule is CC(NC(=O)c1cccc(Cl)c1Cl)C(=O)NCCCCCCC(=O)O. The van der Waals surface area contributed by atoms with Crippen LogP contribution in [0.1, 0.15) is 49.4 Å². The number of unbranched alkanes of at least 4 members (excludes halogenated alkanes) is 3. The molecule has 0 heterocycles. The number of carboxylic acids is 1. The number of hydrogen-bond donors (Lipinski definition) is 3. The first-order valence-corrected chi connectivity index (χ1v) is 8.83. The number of rotatable bonds is 10. The maximum atomic E-state index is 12.2. The van der Waals surface area contributed by atoms with Crippen molar-refractivity contribution < 1.29 is 19.5 Å². The molecule has 0 aliphatic carbocycles. The van der Waals surface area contributed by atoms with Crippen molar-refractivity contribution in [2.24, 2.45) is 0 Å². The molecule has 0 bridgehead atoms. The lowest BCUT2D eigenvalue weighted by molar-refractivity contribution is -0.137. The molecule has 0 aliphatic rings. The summed E-state index contributed by atoms with van der Waals surface area (Å²) in [6.45, 7) is 2.06. The van der Waals surface area contributed by atoms with Gasteiger partial charge in [-0.3, -0.25) is 14.4 Å². The van der Waals surface area contributed by atoms with Crippen molar-refractivity contribution in [1.29, 1.82) is 0 Å². The van der Waals surface area contributed by atoms with Gasteiger partial charge in [-0.1, -0.05) is 42.1 Å². The van der Waals surface area contributed by atoms with Crippen LogP contribution in [0, 0.1) is 0 Å². The molecule has 1 unspecified atom stereocenters. The minimum Gasteiger partial charge on any atom is -0.481 e. The van der Waals surface area contributed by atoms with E-state index in [1.54, 1.807) is 19.1 Å². The standard InChI is InChI=1S/C17H22Cl2N2O4/c1-11(16(24)20-10-5-3-2-4-9-14(22)23)21-17(25)12-7-6-8-13(18)15(12)19/h6-8,11H,2-5,9-10H2,1H3,(H,20,24)(H,21,25)(H,22,23). The first kappa shape index (κ1) is 21.3.